The van der Waals surface area contributed by atoms with E-state index in [2.05, 4.69) is 19.2 Å². The molecule has 0 heterocycles. The molecule has 1 unspecified atom stereocenters. The molecule has 2 aromatic carbocycles. The van der Waals surface area contributed by atoms with E-state index in [9.17, 15) is 9.59 Å². The summed E-state index contributed by atoms with van der Waals surface area (Å²) >= 11 is 6.00. The van der Waals surface area contributed by atoms with E-state index in [-0.39, 0.29) is 18.4 Å². The lowest BCUT2D eigenvalue weighted by Gasteiger charge is -2.30. The molecule has 5 nitrogen and oxygen atoms in total. The third-order valence-electron chi connectivity index (χ3n) is 5.18. The Balaban J connectivity index is 2.14. The van der Waals surface area contributed by atoms with E-state index < -0.39 is 6.04 Å². The molecule has 0 radical (unpaired) electrons. The van der Waals surface area contributed by atoms with Crippen molar-refractivity contribution in [2.24, 2.45) is 0 Å². The average Bonchev–Trinajstić information content (AvgIpc) is 2.79. The first-order chi connectivity index (χ1) is 15.0. The highest BCUT2D eigenvalue weighted by Gasteiger charge is 2.28. The molecule has 2 rings (SSSR count). The first-order valence-corrected chi connectivity index (χ1v) is 11.4. The summed E-state index contributed by atoms with van der Waals surface area (Å²) in [5, 5.41) is 3.59. The summed E-state index contributed by atoms with van der Waals surface area (Å²) in [6.07, 6.45) is 3.36. The zero-order valence-electron chi connectivity index (χ0n) is 18.7. The molecular formula is C25H33ClN2O3. The second-order valence-electron chi connectivity index (χ2n) is 7.50. The molecule has 0 fully saturated rings. The number of halogens is 1. The maximum absolute atomic E-state index is 13.1. The highest BCUT2D eigenvalue weighted by atomic mass is 35.5. The third-order valence-corrected chi connectivity index (χ3v) is 5.43. The molecule has 2 amide bonds. The molecule has 0 saturated carbocycles. The van der Waals surface area contributed by atoms with Crippen molar-refractivity contribution >= 4 is 23.4 Å². The average molecular weight is 445 g/mol. The summed E-state index contributed by atoms with van der Waals surface area (Å²) in [6.45, 7) is 6.87. The van der Waals surface area contributed by atoms with E-state index >= 15 is 0 Å². The Morgan fingerprint density at radius 1 is 1.00 bits per heavy atom. The van der Waals surface area contributed by atoms with Crippen LogP contribution in [0.25, 0.3) is 0 Å². The monoisotopic (exact) mass is 444 g/mol. The number of rotatable bonds is 12. The normalized spacial score (nSPS) is 11.6. The Labute approximate surface area is 190 Å². The summed E-state index contributed by atoms with van der Waals surface area (Å²) in [6, 6.07) is 14.5. The van der Waals surface area contributed by atoms with Crippen LogP contribution >= 0.6 is 11.6 Å². The zero-order chi connectivity index (χ0) is 22.6. The van der Waals surface area contributed by atoms with E-state index in [1.165, 1.54) is 5.56 Å². The standard InChI is InChI=1S/C25H33ClN2O3/c1-4-7-16-27-25(30)23(6-3)28(17-20-8-12-21(26)13-9-20)24(29)18-31-22-14-10-19(5-2)11-15-22/h8-15,23H,4-7,16-18H2,1-3H3,(H,27,30). The molecule has 2 aromatic rings. The number of hydrogen-bond acceptors (Lipinski definition) is 3. The van der Waals surface area contributed by atoms with Crippen molar-refractivity contribution in [1.29, 1.82) is 0 Å². The predicted molar refractivity (Wildman–Crippen MR) is 125 cm³/mol. The smallest absolute Gasteiger partial charge is 0.261 e. The Morgan fingerprint density at radius 3 is 2.23 bits per heavy atom. The number of aryl methyl sites for hydroxylation is 1. The molecule has 1 N–H and O–H groups in total. The number of carbonyl (C=O) groups is 2. The Bertz CT molecular complexity index is 822. The molecular weight excluding hydrogens is 412 g/mol. The van der Waals surface area contributed by atoms with Crippen LogP contribution in [0, 0.1) is 0 Å². The quantitative estimate of drug-likeness (QED) is 0.468. The molecule has 168 valence electrons. The fourth-order valence-electron chi connectivity index (χ4n) is 3.26. The molecule has 0 bridgehead atoms. The molecule has 0 aliphatic carbocycles. The van der Waals surface area contributed by atoms with Crippen molar-refractivity contribution in [3.05, 3.63) is 64.7 Å². The maximum Gasteiger partial charge on any atom is 0.261 e. The number of hydrogen-bond donors (Lipinski definition) is 1. The molecule has 0 aliphatic rings. The Kier molecular flexibility index (Phi) is 10.4. The van der Waals surface area contributed by atoms with Gasteiger partial charge in [-0.3, -0.25) is 9.59 Å². The van der Waals surface area contributed by atoms with Gasteiger partial charge in [0, 0.05) is 18.1 Å². The molecule has 0 aliphatic heterocycles. The lowest BCUT2D eigenvalue weighted by molar-refractivity contribution is -0.143. The van der Waals surface area contributed by atoms with Gasteiger partial charge in [0.15, 0.2) is 6.61 Å². The summed E-state index contributed by atoms with van der Waals surface area (Å²) in [7, 11) is 0. The van der Waals surface area contributed by atoms with E-state index in [0.29, 0.717) is 30.3 Å². The van der Waals surface area contributed by atoms with Crippen molar-refractivity contribution in [2.45, 2.75) is 59.0 Å². The van der Waals surface area contributed by atoms with Gasteiger partial charge in [0.05, 0.1) is 0 Å². The number of unbranched alkanes of at least 4 members (excludes halogenated alkanes) is 1. The molecule has 1 atom stereocenters. The molecule has 6 heteroatoms. The van der Waals surface area contributed by atoms with Crippen LogP contribution in [0.5, 0.6) is 5.75 Å². The van der Waals surface area contributed by atoms with Crippen LogP contribution in [0.3, 0.4) is 0 Å². The van der Waals surface area contributed by atoms with Crippen LogP contribution in [0.15, 0.2) is 48.5 Å². The minimum absolute atomic E-state index is 0.127. The number of ether oxygens (including phenoxy) is 1. The molecule has 0 aromatic heterocycles. The van der Waals surface area contributed by atoms with Crippen molar-refractivity contribution in [3.8, 4) is 5.75 Å². The van der Waals surface area contributed by atoms with Crippen LogP contribution in [-0.2, 0) is 22.6 Å². The summed E-state index contributed by atoms with van der Waals surface area (Å²) in [5.74, 6) is 0.273. The van der Waals surface area contributed by atoms with Gasteiger partial charge in [0.1, 0.15) is 11.8 Å². The SMILES string of the molecule is CCCCNC(=O)C(CC)N(Cc1ccc(Cl)cc1)C(=O)COc1ccc(CC)cc1. The van der Waals surface area contributed by atoms with Gasteiger partial charge in [-0.25, -0.2) is 0 Å². The van der Waals surface area contributed by atoms with Gasteiger partial charge in [-0.2, -0.15) is 0 Å². The second kappa shape index (κ2) is 13.0. The maximum atomic E-state index is 13.1. The van der Waals surface area contributed by atoms with Gasteiger partial charge in [0.25, 0.3) is 5.91 Å². The first kappa shape index (κ1) is 24.7. The van der Waals surface area contributed by atoms with Crippen LogP contribution in [0.1, 0.15) is 51.2 Å². The molecule has 31 heavy (non-hydrogen) atoms. The zero-order valence-corrected chi connectivity index (χ0v) is 19.5. The van der Waals surface area contributed by atoms with E-state index in [1.54, 1.807) is 17.0 Å². The highest BCUT2D eigenvalue weighted by molar-refractivity contribution is 6.30. The summed E-state index contributed by atoms with van der Waals surface area (Å²) in [4.78, 5) is 27.6. The van der Waals surface area contributed by atoms with Crippen LogP contribution in [0.2, 0.25) is 5.02 Å². The summed E-state index contributed by atoms with van der Waals surface area (Å²) < 4.78 is 5.73. The second-order valence-corrected chi connectivity index (χ2v) is 7.94. The van der Waals surface area contributed by atoms with Gasteiger partial charge < -0.3 is 15.0 Å². The van der Waals surface area contributed by atoms with Gasteiger partial charge in [-0.05, 0) is 54.7 Å². The number of nitrogens with one attached hydrogen (secondary N) is 1. The van der Waals surface area contributed by atoms with Gasteiger partial charge in [-0.15, -0.1) is 0 Å². The van der Waals surface area contributed by atoms with Crippen LogP contribution in [0.4, 0.5) is 0 Å². The predicted octanol–water partition coefficient (Wildman–Crippen LogP) is 5.00. The number of nitrogens with zero attached hydrogens (tertiary/aromatic N) is 1. The van der Waals surface area contributed by atoms with Crippen molar-refractivity contribution in [1.82, 2.24) is 10.2 Å². The van der Waals surface area contributed by atoms with Crippen molar-refractivity contribution in [2.75, 3.05) is 13.2 Å². The number of amides is 2. The Hall–Kier alpha value is -2.53. The van der Waals surface area contributed by atoms with E-state index in [0.717, 1.165) is 24.8 Å². The number of carbonyl (C=O) groups excluding carboxylic acids is 2. The lowest BCUT2D eigenvalue weighted by Crippen LogP contribution is -2.50. The Morgan fingerprint density at radius 2 is 1.65 bits per heavy atom. The molecule has 0 spiro atoms. The topological polar surface area (TPSA) is 58.6 Å². The van der Waals surface area contributed by atoms with Gasteiger partial charge in [-0.1, -0.05) is 63.1 Å². The fourth-order valence-corrected chi connectivity index (χ4v) is 3.39. The summed E-state index contributed by atoms with van der Waals surface area (Å²) in [5.41, 5.74) is 2.11. The minimum atomic E-state index is -0.564. The lowest BCUT2D eigenvalue weighted by atomic mass is 10.1. The number of benzene rings is 2. The van der Waals surface area contributed by atoms with E-state index in [4.69, 9.17) is 16.3 Å². The fraction of sp³-hybridized carbons (Fsp3) is 0.440. The van der Waals surface area contributed by atoms with Crippen LogP contribution < -0.4 is 10.1 Å². The highest BCUT2D eigenvalue weighted by Crippen LogP contribution is 2.17. The minimum Gasteiger partial charge on any atom is -0.484 e. The van der Waals surface area contributed by atoms with Crippen molar-refractivity contribution in [3.63, 3.8) is 0 Å². The third kappa shape index (κ3) is 7.91. The first-order valence-electron chi connectivity index (χ1n) is 11.0. The molecule has 0 saturated heterocycles. The van der Waals surface area contributed by atoms with E-state index in [1.807, 2.05) is 43.3 Å². The van der Waals surface area contributed by atoms with Crippen molar-refractivity contribution < 1.29 is 14.3 Å². The largest absolute Gasteiger partial charge is 0.484 e. The van der Waals surface area contributed by atoms with Gasteiger partial charge >= 0.3 is 0 Å². The van der Waals surface area contributed by atoms with Gasteiger partial charge in [0.2, 0.25) is 5.91 Å². The van der Waals surface area contributed by atoms with Crippen LogP contribution in [-0.4, -0.2) is 35.9 Å².